The van der Waals surface area contributed by atoms with E-state index in [0.717, 1.165) is 43.7 Å². The normalized spacial score (nSPS) is 12.7. The fourth-order valence-electron chi connectivity index (χ4n) is 4.74. The van der Waals surface area contributed by atoms with Gasteiger partial charge < -0.3 is 19.5 Å². The van der Waals surface area contributed by atoms with Gasteiger partial charge in [-0.3, -0.25) is 4.79 Å². The molecule has 1 N–H and O–H groups in total. The lowest BCUT2D eigenvalue weighted by molar-refractivity contribution is -0.145. The Labute approximate surface area is 233 Å². The highest BCUT2D eigenvalue weighted by Gasteiger charge is 2.15. The highest BCUT2D eigenvalue weighted by atomic mass is 16.5. The number of benzene rings is 1. The lowest BCUT2D eigenvalue weighted by Gasteiger charge is -2.22. The quantitative estimate of drug-likeness (QED) is 0.0825. The van der Waals surface area contributed by atoms with Crippen LogP contribution in [0.2, 0.25) is 0 Å². The van der Waals surface area contributed by atoms with E-state index in [1.165, 1.54) is 95.7 Å². The van der Waals surface area contributed by atoms with Crippen LogP contribution < -0.4 is 10.1 Å². The number of ether oxygens (including phenoxy) is 3. The second-order valence-corrected chi connectivity index (χ2v) is 10.7. The average molecular weight is 530 g/mol. The average Bonchev–Trinajstić information content (AvgIpc) is 2.90. The van der Waals surface area contributed by atoms with Gasteiger partial charge in [-0.15, -0.1) is 0 Å². The molecular weight excluding hydrogens is 474 g/mol. The fraction of sp³-hybridized carbons (Fsp3) is 0.727. The van der Waals surface area contributed by atoms with Gasteiger partial charge in [-0.25, -0.2) is 0 Å². The first-order chi connectivity index (χ1) is 18.7. The summed E-state index contributed by atoms with van der Waals surface area (Å²) in [4.78, 5) is 11.9. The van der Waals surface area contributed by atoms with Gasteiger partial charge in [0.2, 0.25) is 0 Å². The monoisotopic (exact) mass is 529 g/mol. The molecule has 2 rings (SSSR count). The number of nitrogens with one attached hydrogen (secondary N) is 1. The molecule has 38 heavy (non-hydrogen) atoms. The molecule has 1 aliphatic rings. The standard InChI is InChI=1S/C33H55NO4/c1-3-4-5-6-7-10-15-26-36-31(29-20-17-21-29)22-12-9-8-11-16-27-37-32-23-14-13-19-30(32)28-38-33(35)24-18-25-34-2/h13-14,19,23,34H,3-12,15-18,20-22,24-28H2,1-2H3. The molecule has 216 valence electrons. The Morgan fingerprint density at radius 1 is 0.789 bits per heavy atom. The highest BCUT2D eigenvalue weighted by Crippen LogP contribution is 2.32. The van der Waals surface area contributed by atoms with Gasteiger partial charge in [-0.1, -0.05) is 82.9 Å². The van der Waals surface area contributed by atoms with Crippen molar-refractivity contribution in [1.82, 2.24) is 5.32 Å². The van der Waals surface area contributed by atoms with Gasteiger partial charge in [0.15, 0.2) is 0 Å². The fourth-order valence-corrected chi connectivity index (χ4v) is 4.74. The van der Waals surface area contributed by atoms with Gasteiger partial charge in [0, 0.05) is 18.4 Å². The van der Waals surface area contributed by atoms with Crippen molar-refractivity contribution < 1.29 is 19.0 Å². The molecule has 0 amide bonds. The van der Waals surface area contributed by atoms with E-state index in [1.807, 2.05) is 31.3 Å². The molecule has 0 atom stereocenters. The third-order valence-electron chi connectivity index (χ3n) is 7.35. The van der Waals surface area contributed by atoms with Crippen LogP contribution in [0.3, 0.4) is 0 Å². The molecule has 5 heteroatoms. The highest BCUT2D eigenvalue weighted by molar-refractivity contribution is 5.69. The molecule has 0 aliphatic heterocycles. The Morgan fingerprint density at radius 3 is 2.18 bits per heavy atom. The van der Waals surface area contributed by atoms with E-state index in [0.29, 0.717) is 13.0 Å². The maximum absolute atomic E-state index is 11.9. The number of carbonyl (C=O) groups is 1. The topological polar surface area (TPSA) is 56.8 Å². The summed E-state index contributed by atoms with van der Waals surface area (Å²) < 4.78 is 17.7. The van der Waals surface area contributed by atoms with Gasteiger partial charge in [0.1, 0.15) is 12.4 Å². The number of unbranched alkanes of at least 4 members (excludes halogenated alkanes) is 10. The molecule has 5 nitrogen and oxygen atoms in total. The van der Waals surface area contributed by atoms with E-state index in [9.17, 15) is 4.79 Å². The second kappa shape index (κ2) is 21.9. The summed E-state index contributed by atoms with van der Waals surface area (Å²) in [7, 11) is 1.89. The van der Waals surface area contributed by atoms with Crippen LogP contribution in [0, 0.1) is 0 Å². The van der Waals surface area contributed by atoms with Crippen molar-refractivity contribution in [3.63, 3.8) is 0 Å². The van der Waals surface area contributed by atoms with Gasteiger partial charge in [-0.2, -0.15) is 0 Å². The first-order valence-electron chi connectivity index (χ1n) is 15.6. The van der Waals surface area contributed by atoms with Gasteiger partial charge >= 0.3 is 5.97 Å². The Bertz CT molecular complexity index is 770. The van der Waals surface area contributed by atoms with Crippen molar-refractivity contribution in [1.29, 1.82) is 0 Å². The van der Waals surface area contributed by atoms with Crippen molar-refractivity contribution in [2.75, 3.05) is 26.8 Å². The number of rotatable bonds is 24. The molecule has 0 radical (unpaired) electrons. The zero-order chi connectivity index (χ0) is 27.1. The summed E-state index contributed by atoms with van der Waals surface area (Å²) in [5.74, 6) is 1.99. The molecule has 0 aromatic heterocycles. The summed E-state index contributed by atoms with van der Waals surface area (Å²) >= 11 is 0. The molecule has 0 bridgehead atoms. The number of carbonyl (C=O) groups excluding carboxylic acids is 1. The van der Waals surface area contributed by atoms with E-state index in [-0.39, 0.29) is 12.6 Å². The van der Waals surface area contributed by atoms with Crippen LogP contribution in [-0.2, 0) is 20.9 Å². The first-order valence-corrected chi connectivity index (χ1v) is 15.6. The lowest BCUT2D eigenvalue weighted by Crippen LogP contribution is -2.12. The maximum Gasteiger partial charge on any atom is 0.306 e. The molecule has 1 saturated carbocycles. The number of allylic oxidation sites excluding steroid dienone is 2. The number of hydrogen-bond donors (Lipinski definition) is 1. The van der Waals surface area contributed by atoms with Gasteiger partial charge in [0.05, 0.1) is 19.0 Å². The number of esters is 1. The summed E-state index contributed by atoms with van der Waals surface area (Å²) in [5.41, 5.74) is 2.52. The molecule has 1 aromatic carbocycles. The SMILES string of the molecule is CCCCCCCCCOC(CCCCCCCOc1ccccc1COC(=O)CCCNC)=C1CCC1. The van der Waals surface area contributed by atoms with Crippen LogP contribution >= 0.6 is 0 Å². The second-order valence-electron chi connectivity index (χ2n) is 10.7. The van der Waals surface area contributed by atoms with Crippen LogP contribution in [0.4, 0.5) is 0 Å². The van der Waals surface area contributed by atoms with Crippen LogP contribution in [-0.4, -0.2) is 32.8 Å². The van der Waals surface area contributed by atoms with E-state index in [2.05, 4.69) is 12.2 Å². The largest absolute Gasteiger partial charge is 0.498 e. The van der Waals surface area contributed by atoms with Crippen molar-refractivity contribution in [3.8, 4) is 5.75 Å². The van der Waals surface area contributed by atoms with Gasteiger partial charge in [-0.05, 0) is 70.2 Å². The van der Waals surface area contributed by atoms with Crippen molar-refractivity contribution >= 4 is 5.97 Å². The van der Waals surface area contributed by atoms with Crippen molar-refractivity contribution in [2.45, 2.75) is 129 Å². The first kappa shape index (κ1) is 32.2. The molecule has 0 saturated heterocycles. The third-order valence-corrected chi connectivity index (χ3v) is 7.35. The zero-order valence-electron chi connectivity index (χ0n) is 24.5. The Morgan fingerprint density at radius 2 is 1.47 bits per heavy atom. The molecule has 0 spiro atoms. The van der Waals surface area contributed by atoms with Crippen LogP contribution in [0.1, 0.15) is 128 Å². The Hall–Kier alpha value is -2.01. The molecule has 1 fully saturated rings. The smallest absolute Gasteiger partial charge is 0.306 e. The van der Waals surface area contributed by atoms with E-state index in [1.54, 1.807) is 5.57 Å². The third kappa shape index (κ3) is 14.8. The predicted octanol–water partition coefficient (Wildman–Crippen LogP) is 8.65. The molecule has 0 unspecified atom stereocenters. The van der Waals surface area contributed by atoms with Crippen molar-refractivity contribution in [3.05, 3.63) is 41.2 Å². The minimum absolute atomic E-state index is 0.158. The van der Waals surface area contributed by atoms with E-state index in [4.69, 9.17) is 14.2 Å². The summed E-state index contributed by atoms with van der Waals surface area (Å²) in [6, 6.07) is 7.87. The van der Waals surface area contributed by atoms with E-state index >= 15 is 0 Å². The molecule has 1 aromatic rings. The summed E-state index contributed by atoms with van der Waals surface area (Å²) in [6.45, 7) is 4.97. The Kier molecular flexibility index (Phi) is 18.5. The zero-order valence-corrected chi connectivity index (χ0v) is 24.5. The minimum atomic E-state index is -0.158. The summed E-state index contributed by atoms with van der Waals surface area (Å²) in [6.07, 6.45) is 21.4. The van der Waals surface area contributed by atoms with Crippen LogP contribution in [0.5, 0.6) is 5.75 Å². The Balaban J connectivity index is 1.53. The molecule has 1 aliphatic carbocycles. The maximum atomic E-state index is 11.9. The van der Waals surface area contributed by atoms with Crippen LogP contribution in [0.15, 0.2) is 35.6 Å². The van der Waals surface area contributed by atoms with Crippen molar-refractivity contribution in [2.24, 2.45) is 0 Å². The van der Waals surface area contributed by atoms with E-state index < -0.39 is 0 Å². The molecular formula is C33H55NO4. The summed E-state index contributed by atoms with van der Waals surface area (Å²) in [5, 5.41) is 3.05. The number of para-hydroxylation sites is 1. The minimum Gasteiger partial charge on any atom is -0.498 e. The number of hydrogen-bond acceptors (Lipinski definition) is 5. The van der Waals surface area contributed by atoms with Gasteiger partial charge in [0.25, 0.3) is 0 Å². The molecule has 0 heterocycles. The van der Waals surface area contributed by atoms with Crippen LogP contribution in [0.25, 0.3) is 0 Å². The predicted molar refractivity (Wildman–Crippen MR) is 157 cm³/mol. The lowest BCUT2D eigenvalue weighted by atomic mass is 9.90.